The lowest BCUT2D eigenvalue weighted by Gasteiger charge is -2.02. The lowest BCUT2D eigenvalue weighted by atomic mass is 10.3. The molecule has 2 heterocycles. The van der Waals surface area contributed by atoms with E-state index >= 15 is 0 Å². The van der Waals surface area contributed by atoms with Crippen LogP contribution in [0.15, 0.2) is 18.3 Å². The molecule has 21 heavy (non-hydrogen) atoms. The zero-order valence-corrected chi connectivity index (χ0v) is 11.9. The molecule has 1 amide bonds. The Kier molecular flexibility index (Phi) is 3.76. The molecule has 0 aromatic carbocycles. The first-order valence-electron chi connectivity index (χ1n) is 5.75. The quantitative estimate of drug-likeness (QED) is 0.664. The van der Waals surface area contributed by atoms with Crippen LogP contribution in [0, 0.1) is 17.0 Å². The van der Waals surface area contributed by atoms with Crippen LogP contribution in [0.25, 0.3) is 0 Å². The van der Waals surface area contributed by atoms with Crippen molar-refractivity contribution in [1.82, 2.24) is 4.57 Å². The van der Waals surface area contributed by atoms with Crippen LogP contribution in [0.4, 0.5) is 10.7 Å². The molecule has 0 aliphatic heterocycles. The van der Waals surface area contributed by atoms with Crippen molar-refractivity contribution in [3.05, 3.63) is 44.6 Å². The Hall–Kier alpha value is -2.68. The molecule has 0 fully saturated rings. The number of amides is 1. The summed E-state index contributed by atoms with van der Waals surface area (Å²) in [6.07, 6.45) is 1.23. The molecule has 2 aromatic rings. The zero-order valence-electron chi connectivity index (χ0n) is 11.1. The van der Waals surface area contributed by atoms with Crippen molar-refractivity contribution in [1.29, 1.82) is 0 Å². The third kappa shape index (κ3) is 2.92. The van der Waals surface area contributed by atoms with Gasteiger partial charge in [0, 0.05) is 13.1 Å². The predicted molar refractivity (Wildman–Crippen MR) is 76.0 cm³/mol. The van der Waals surface area contributed by atoms with Gasteiger partial charge in [-0.25, -0.2) is 4.79 Å². The summed E-state index contributed by atoms with van der Waals surface area (Å²) in [4.78, 5) is 33.2. The standard InChI is InChI=1S/C12H11N3O5S/c1-6-3-9(21-10(6)12(17)18)13-11(16)8-4-7(15(19)20)5-14(8)2/h3-5H,1-2H3,(H,13,16)(H,17,18). The third-order valence-corrected chi connectivity index (χ3v) is 3.92. The first-order valence-corrected chi connectivity index (χ1v) is 6.57. The van der Waals surface area contributed by atoms with Crippen molar-refractivity contribution < 1.29 is 19.6 Å². The summed E-state index contributed by atoms with van der Waals surface area (Å²) in [5, 5.41) is 22.5. The number of carboxylic acids is 1. The van der Waals surface area contributed by atoms with Crippen molar-refractivity contribution in [2.75, 3.05) is 5.32 Å². The number of hydrogen-bond donors (Lipinski definition) is 2. The number of nitro groups is 1. The molecule has 0 bridgehead atoms. The molecule has 0 atom stereocenters. The number of aromatic carboxylic acids is 1. The number of nitrogens with zero attached hydrogens (tertiary/aromatic N) is 2. The highest BCUT2D eigenvalue weighted by Gasteiger charge is 2.19. The normalized spacial score (nSPS) is 10.4. The molecule has 9 heteroatoms. The first kappa shape index (κ1) is 14.7. The minimum absolute atomic E-state index is 0.115. The van der Waals surface area contributed by atoms with Gasteiger partial charge in [-0.3, -0.25) is 14.9 Å². The molecule has 2 N–H and O–H groups in total. The summed E-state index contributed by atoms with van der Waals surface area (Å²) < 4.78 is 1.34. The topological polar surface area (TPSA) is 114 Å². The minimum Gasteiger partial charge on any atom is -0.477 e. The van der Waals surface area contributed by atoms with E-state index in [1.54, 1.807) is 13.0 Å². The Morgan fingerprint density at radius 1 is 1.43 bits per heavy atom. The molecule has 0 unspecified atom stereocenters. The molecule has 0 radical (unpaired) electrons. The first-order chi connectivity index (χ1) is 9.79. The van der Waals surface area contributed by atoms with E-state index in [1.165, 1.54) is 17.8 Å². The number of carbonyl (C=O) groups is 2. The summed E-state index contributed by atoms with van der Waals surface area (Å²) in [6, 6.07) is 2.71. The van der Waals surface area contributed by atoms with E-state index in [2.05, 4.69) is 5.32 Å². The van der Waals surface area contributed by atoms with Gasteiger partial charge in [-0.2, -0.15) is 0 Å². The van der Waals surface area contributed by atoms with Gasteiger partial charge in [-0.15, -0.1) is 11.3 Å². The average molecular weight is 309 g/mol. The molecule has 8 nitrogen and oxygen atoms in total. The van der Waals surface area contributed by atoms with Gasteiger partial charge in [0.2, 0.25) is 0 Å². The SMILES string of the molecule is Cc1cc(NC(=O)c2cc([N+](=O)[O-])cn2C)sc1C(=O)O. The van der Waals surface area contributed by atoms with E-state index in [-0.39, 0.29) is 16.3 Å². The van der Waals surface area contributed by atoms with Crippen molar-refractivity contribution in [2.45, 2.75) is 6.92 Å². The Morgan fingerprint density at radius 3 is 2.57 bits per heavy atom. The molecule has 2 aromatic heterocycles. The highest BCUT2D eigenvalue weighted by molar-refractivity contribution is 7.18. The van der Waals surface area contributed by atoms with E-state index in [4.69, 9.17) is 5.11 Å². The third-order valence-electron chi connectivity index (χ3n) is 2.78. The van der Waals surface area contributed by atoms with Gasteiger partial charge in [-0.1, -0.05) is 0 Å². The second-order valence-corrected chi connectivity index (χ2v) is 5.39. The van der Waals surface area contributed by atoms with Gasteiger partial charge < -0.3 is 15.0 Å². The number of nitrogens with one attached hydrogen (secondary N) is 1. The molecule has 2 rings (SSSR count). The maximum absolute atomic E-state index is 12.1. The summed E-state index contributed by atoms with van der Waals surface area (Å²) in [5.41, 5.74) is 0.474. The number of anilines is 1. The molecule has 0 saturated carbocycles. The van der Waals surface area contributed by atoms with Gasteiger partial charge in [0.25, 0.3) is 11.6 Å². The number of rotatable bonds is 4. The highest BCUT2D eigenvalue weighted by atomic mass is 32.1. The van der Waals surface area contributed by atoms with E-state index in [0.717, 1.165) is 17.4 Å². The highest BCUT2D eigenvalue weighted by Crippen LogP contribution is 2.27. The fourth-order valence-electron chi connectivity index (χ4n) is 1.80. The maximum atomic E-state index is 12.1. The number of carboxylic acid groups (broad SMARTS) is 1. The molecule has 110 valence electrons. The fraction of sp³-hybridized carbons (Fsp3) is 0.167. The van der Waals surface area contributed by atoms with Crippen molar-refractivity contribution >= 4 is 33.9 Å². The van der Waals surface area contributed by atoms with Gasteiger partial charge in [0.15, 0.2) is 0 Å². The van der Waals surface area contributed by atoms with Crippen LogP contribution in [0.1, 0.15) is 25.7 Å². The second-order valence-electron chi connectivity index (χ2n) is 4.33. The predicted octanol–water partition coefficient (Wildman–Crippen LogP) is 2.25. The monoisotopic (exact) mass is 309 g/mol. The Balaban J connectivity index is 2.24. The molecular formula is C12H11N3O5S. The Labute approximate surface area is 122 Å². The summed E-state index contributed by atoms with van der Waals surface area (Å²) in [7, 11) is 1.52. The van der Waals surface area contributed by atoms with E-state index in [1.807, 2.05) is 0 Å². The number of hydrogen-bond acceptors (Lipinski definition) is 5. The smallest absolute Gasteiger partial charge is 0.346 e. The van der Waals surface area contributed by atoms with Crippen molar-refractivity contribution in [2.24, 2.45) is 7.05 Å². The summed E-state index contributed by atoms with van der Waals surface area (Å²) in [6.45, 7) is 1.63. The van der Waals surface area contributed by atoms with Crippen LogP contribution in [-0.4, -0.2) is 26.5 Å². The van der Waals surface area contributed by atoms with E-state index in [9.17, 15) is 19.7 Å². The molecule has 0 aliphatic rings. The molecule has 0 saturated heterocycles. The zero-order chi connectivity index (χ0) is 15.7. The average Bonchev–Trinajstić information content (AvgIpc) is 2.92. The van der Waals surface area contributed by atoms with Crippen molar-refractivity contribution in [3.63, 3.8) is 0 Å². The van der Waals surface area contributed by atoms with Gasteiger partial charge in [0.05, 0.1) is 16.1 Å². The van der Waals surface area contributed by atoms with Gasteiger partial charge in [-0.05, 0) is 18.6 Å². The van der Waals surface area contributed by atoms with Gasteiger partial charge >= 0.3 is 5.97 Å². The second kappa shape index (κ2) is 5.37. The van der Waals surface area contributed by atoms with E-state index < -0.39 is 16.8 Å². The minimum atomic E-state index is -1.06. The Morgan fingerprint density at radius 2 is 2.10 bits per heavy atom. The molecule has 0 aliphatic carbocycles. The number of thiophene rings is 1. The number of aromatic nitrogens is 1. The fourth-order valence-corrected chi connectivity index (χ4v) is 2.71. The maximum Gasteiger partial charge on any atom is 0.346 e. The largest absolute Gasteiger partial charge is 0.477 e. The summed E-state index contributed by atoms with van der Waals surface area (Å²) >= 11 is 0.935. The Bertz CT molecular complexity index is 746. The van der Waals surface area contributed by atoms with Crippen LogP contribution >= 0.6 is 11.3 Å². The number of carbonyl (C=O) groups excluding carboxylic acids is 1. The lowest BCUT2D eigenvalue weighted by molar-refractivity contribution is -0.384. The van der Waals surface area contributed by atoms with E-state index in [0.29, 0.717) is 10.6 Å². The van der Waals surface area contributed by atoms with Crippen LogP contribution in [-0.2, 0) is 7.05 Å². The van der Waals surface area contributed by atoms with Crippen LogP contribution in [0.3, 0.4) is 0 Å². The van der Waals surface area contributed by atoms with Crippen LogP contribution in [0.5, 0.6) is 0 Å². The molecular weight excluding hydrogens is 298 g/mol. The van der Waals surface area contributed by atoms with Gasteiger partial charge in [0.1, 0.15) is 10.6 Å². The van der Waals surface area contributed by atoms with Crippen molar-refractivity contribution in [3.8, 4) is 0 Å². The number of aryl methyl sites for hydroxylation is 2. The lowest BCUT2D eigenvalue weighted by Crippen LogP contribution is -2.14. The summed E-state index contributed by atoms with van der Waals surface area (Å²) in [5.74, 6) is -1.60. The molecule has 0 spiro atoms. The van der Waals surface area contributed by atoms with Crippen LogP contribution < -0.4 is 5.32 Å². The van der Waals surface area contributed by atoms with Crippen LogP contribution in [0.2, 0.25) is 0 Å².